The van der Waals surface area contributed by atoms with Gasteiger partial charge in [-0.2, -0.15) is 0 Å². The number of anilines is 1. The second-order valence-corrected chi connectivity index (χ2v) is 9.15. The van der Waals surface area contributed by atoms with Crippen molar-refractivity contribution in [1.29, 1.82) is 0 Å². The Kier molecular flexibility index (Phi) is 9.37. The van der Waals surface area contributed by atoms with E-state index in [9.17, 15) is 9.59 Å². The van der Waals surface area contributed by atoms with E-state index >= 15 is 0 Å². The maximum Gasteiger partial charge on any atom is 0.262 e. The van der Waals surface area contributed by atoms with Crippen LogP contribution in [0.4, 0.5) is 5.69 Å². The van der Waals surface area contributed by atoms with Crippen molar-refractivity contribution >= 4 is 17.5 Å². The van der Waals surface area contributed by atoms with E-state index in [1.165, 1.54) is 32.8 Å². The number of nitrogens with one attached hydrogen (secondary N) is 2. The lowest BCUT2D eigenvalue weighted by Gasteiger charge is -2.39. The molecule has 35 heavy (non-hydrogen) atoms. The minimum atomic E-state index is -0.309. The molecule has 1 aliphatic rings. The van der Waals surface area contributed by atoms with Gasteiger partial charge < -0.3 is 29.7 Å². The lowest BCUT2D eigenvalue weighted by atomic mass is 9.88. The molecule has 0 radical (unpaired) electrons. The van der Waals surface area contributed by atoms with Gasteiger partial charge in [-0.1, -0.05) is 25.7 Å². The zero-order chi connectivity index (χ0) is 25.3. The summed E-state index contributed by atoms with van der Waals surface area (Å²) in [4.78, 5) is 27.5. The Morgan fingerprint density at radius 1 is 0.914 bits per heavy atom. The van der Waals surface area contributed by atoms with Crippen LogP contribution in [0.3, 0.4) is 0 Å². The first-order valence-electron chi connectivity index (χ1n) is 12.1. The molecule has 1 fully saturated rings. The fraction of sp³-hybridized carbons (Fsp3) is 0.481. The van der Waals surface area contributed by atoms with Gasteiger partial charge in [-0.3, -0.25) is 9.59 Å². The maximum absolute atomic E-state index is 12.9. The van der Waals surface area contributed by atoms with E-state index in [1.54, 1.807) is 49.6 Å². The lowest BCUT2D eigenvalue weighted by Crippen LogP contribution is -2.52. The normalized spacial score (nSPS) is 15.1. The number of methoxy groups -OCH3 is 2. The van der Waals surface area contributed by atoms with Crippen LogP contribution in [0.15, 0.2) is 42.5 Å². The van der Waals surface area contributed by atoms with Gasteiger partial charge in [0.15, 0.2) is 18.1 Å². The van der Waals surface area contributed by atoms with Gasteiger partial charge in [0.05, 0.1) is 14.2 Å². The summed E-state index contributed by atoms with van der Waals surface area (Å²) in [6.45, 7) is 0.407. The molecular weight excluding hydrogens is 446 g/mol. The Hall–Kier alpha value is -3.26. The summed E-state index contributed by atoms with van der Waals surface area (Å²) in [7, 11) is 7.28. The molecule has 8 heteroatoms. The number of hydrogen-bond acceptors (Lipinski definition) is 6. The molecule has 190 valence electrons. The Balaban J connectivity index is 1.58. The fourth-order valence-electron chi connectivity index (χ4n) is 4.46. The van der Waals surface area contributed by atoms with E-state index < -0.39 is 0 Å². The SMILES string of the molecule is COc1ccc(NC(=O)COc2ccc(C(=O)NCC3(N(C)C)CCCCCC3)cc2OC)cc1. The van der Waals surface area contributed by atoms with E-state index in [0.717, 1.165) is 12.8 Å². The minimum absolute atomic E-state index is 0.0173. The highest BCUT2D eigenvalue weighted by molar-refractivity contribution is 5.95. The number of hydrogen-bond donors (Lipinski definition) is 2. The van der Waals surface area contributed by atoms with Crippen LogP contribution in [-0.4, -0.2) is 63.7 Å². The Morgan fingerprint density at radius 3 is 2.20 bits per heavy atom. The standard InChI is InChI=1S/C27H37N3O5/c1-30(2)27(15-7-5-6-8-16-27)19-28-26(32)20-9-14-23(24(17-20)34-4)35-18-25(31)29-21-10-12-22(33-3)13-11-21/h9-14,17H,5-8,15-16,18-19H2,1-4H3,(H,28,32)(H,29,31). The number of amides is 2. The number of carbonyl (C=O) groups excluding carboxylic acids is 2. The average Bonchev–Trinajstić information content (AvgIpc) is 3.13. The summed E-state index contributed by atoms with van der Waals surface area (Å²) in [6.07, 6.45) is 7.02. The van der Waals surface area contributed by atoms with Crippen LogP contribution in [0.2, 0.25) is 0 Å². The third kappa shape index (κ3) is 7.11. The number of ether oxygens (including phenoxy) is 3. The van der Waals surface area contributed by atoms with E-state index in [0.29, 0.717) is 35.0 Å². The summed E-state index contributed by atoms with van der Waals surface area (Å²) >= 11 is 0. The predicted octanol–water partition coefficient (Wildman–Crippen LogP) is 4.11. The molecule has 3 rings (SSSR count). The van der Waals surface area contributed by atoms with Gasteiger partial charge in [0.1, 0.15) is 5.75 Å². The minimum Gasteiger partial charge on any atom is -0.497 e. The Morgan fingerprint density at radius 2 is 1.60 bits per heavy atom. The first-order valence-corrected chi connectivity index (χ1v) is 12.1. The van der Waals surface area contributed by atoms with Crippen molar-refractivity contribution in [3.05, 3.63) is 48.0 Å². The van der Waals surface area contributed by atoms with Crippen LogP contribution in [-0.2, 0) is 4.79 Å². The van der Waals surface area contributed by atoms with Crippen LogP contribution in [0.25, 0.3) is 0 Å². The molecule has 0 bridgehead atoms. The smallest absolute Gasteiger partial charge is 0.262 e. The van der Waals surface area contributed by atoms with Crippen molar-refractivity contribution in [2.45, 2.75) is 44.1 Å². The molecule has 1 aliphatic carbocycles. The van der Waals surface area contributed by atoms with Crippen molar-refractivity contribution < 1.29 is 23.8 Å². The fourth-order valence-corrected chi connectivity index (χ4v) is 4.46. The van der Waals surface area contributed by atoms with Gasteiger partial charge in [0, 0.05) is 23.3 Å². The van der Waals surface area contributed by atoms with Crippen LogP contribution in [0, 0.1) is 0 Å². The highest BCUT2D eigenvalue weighted by atomic mass is 16.5. The molecule has 0 heterocycles. The van der Waals surface area contributed by atoms with Gasteiger partial charge >= 0.3 is 0 Å². The molecule has 8 nitrogen and oxygen atoms in total. The number of likely N-dealkylation sites (N-methyl/N-ethyl adjacent to an activating group) is 1. The quantitative estimate of drug-likeness (QED) is 0.495. The molecule has 0 aliphatic heterocycles. The summed E-state index contributed by atoms with van der Waals surface area (Å²) < 4.78 is 16.2. The van der Waals surface area contributed by atoms with Crippen LogP contribution in [0.1, 0.15) is 48.9 Å². The first-order chi connectivity index (χ1) is 16.9. The maximum atomic E-state index is 12.9. The van der Waals surface area contributed by atoms with Crippen molar-refractivity contribution in [3.8, 4) is 17.2 Å². The average molecular weight is 484 g/mol. The lowest BCUT2D eigenvalue weighted by molar-refractivity contribution is -0.118. The number of carbonyl (C=O) groups is 2. The van der Waals surface area contributed by atoms with Gasteiger partial charge in [-0.15, -0.1) is 0 Å². The van der Waals surface area contributed by atoms with Crippen LogP contribution < -0.4 is 24.8 Å². The molecule has 2 amide bonds. The van der Waals surface area contributed by atoms with Crippen molar-refractivity contribution in [2.75, 3.05) is 46.8 Å². The van der Waals surface area contributed by atoms with Gasteiger partial charge in [-0.25, -0.2) is 0 Å². The van der Waals surface area contributed by atoms with E-state index in [-0.39, 0.29) is 24.0 Å². The zero-order valence-electron chi connectivity index (χ0n) is 21.2. The molecule has 2 N–H and O–H groups in total. The van der Waals surface area contributed by atoms with E-state index in [1.807, 2.05) is 0 Å². The number of benzene rings is 2. The number of nitrogens with zero attached hydrogens (tertiary/aromatic N) is 1. The Labute approximate surface area is 207 Å². The zero-order valence-corrected chi connectivity index (χ0v) is 21.2. The molecule has 0 unspecified atom stereocenters. The van der Waals surface area contributed by atoms with Crippen LogP contribution >= 0.6 is 0 Å². The molecular formula is C27H37N3O5. The predicted molar refractivity (Wildman–Crippen MR) is 137 cm³/mol. The third-order valence-electron chi connectivity index (χ3n) is 6.72. The summed E-state index contributed by atoms with van der Waals surface area (Å²) in [5.41, 5.74) is 1.11. The van der Waals surface area contributed by atoms with Crippen LogP contribution in [0.5, 0.6) is 17.2 Å². The largest absolute Gasteiger partial charge is 0.497 e. The molecule has 0 saturated heterocycles. The Bertz CT molecular complexity index is 983. The monoisotopic (exact) mass is 483 g/mol. The van der Waals surface area contributed by atoms with Crippen molar-refractivity contribution in [2.24, 2.45) is 0 Å². The number of rotatable bonds is 10. The summed E-state index contributed by atoms with van der Waals surface area (Å²) in [5, 5.41) is 5.89. The van der Waals surface area contributed by atoms with Crippen molar-refractivity contribution in [1.82, 2.24) is 10.2 Å². The van der Waals surface area contributed by atoms with E-state index in [4.69, 9.17) is 14.2 Å². The molecule has 0 spiro atoms. The van der Waals surface area contributed by atoms with Gasteiger partial charge in [0.2, 0.25) is 0 Å². The molecule has 1 saturated carbocycles. The highest BCUT2D eigenvalue weighted by Gasteiger charge is 2.33. The molecule has 0 atom stereocenters. The van der Waals surface area contributed by atoms with Gasteiger partial charge in [0.25, 0.3) is 11.8 Å². The summed E-state index contributed by atoms with van der Waals surface area (Å²) in [6, 6.07) is 12.0. The van der Waals surface area contributed by atoms with E-state index in [2.05, 4.69) is 29.6 Å². The first kappa shape index (κ1) is 26.3. The molecule has 0 aromatic heterocycles. The highest BCUT2D eigenvalue weighted by Crippen LogP contribution is 2.31. The third-order valence-corrected chi connectivity index (χ3v) is 6.72. The summed E-state index contributed by atoms with van der Waals surface area (Å²) in [5.74, 6) is 1.03. The molecule has 2 aromatic carbocycles. The van der Waals surface area contributed by atoms with Crippen molar-refractivity contribution in [3.63, 3.8) is 0 Å². The second kappa shape index (κ2) is 12.4. The second-order valence-electron chi connectivity index (χ2n) is 9.15. The van der Waals surface area contributed by atoms with Gasteiger partial charge in [-0.05, 0) is 69.4 Å². The topological polar surface area (TPSA) is 89.1 Å². The molecule has 2 aromatic rings.